The highest BCUT2D eigenvalue weighted by Crippen LogP contribution is 2.36. The van der Waals surface area contributed by atoms with Gasteiger partial charge in [-0.15, -0.1) is 0 Å². The smallest absolute Gasteiger partial charge is 0.231 e. The molecule has 1 aliphatic heterocycles. The van der Waals surface area contributed by atoms with Crippen LogP contribution in [0.25, 0.3) is 5.57 Å². The van der Waals surface area contributed by atoms with Crippen molar-refractivity contribution in [2.45, 2.75) is 5.72 Å². The molecular formula is C16H13NO3. The summed E-state index contributed by atoms with van der Waals surface area (Å²) < 4.78 is 0. The Hall–Kier alpha value is -2.59. The summed E-state index contributed by atoms with van der Waals surface area (Å²) in [5.41, 5.74) is -0.670. The summed E-state index contributed by atoms with van der Waals surface area (Å²) in [5.74, 6) is -0.608. The van der Waals surface area contributed by atoms with Crippen molar-refractivity contribution in [2.75, 3.05) is 0 Å². The maximum absolute atomic E-state index is 12.5. The largest absolute Gasteiger partial charge is 0.507 e. The van der Waals surface area contributed by atoms with Crippen LogP contribution in [0.15, 0.2) is 60.8 Å². The van der Waals surface area contributed by atoms with Crippen LogP contribution in [-0.2, 0) is 10.5 Å². The van der Waals surface area contributed by atoms with Gasteiger partial charge in [0.15, 0.2) is 0 Å². The quantitative estimate of drug-likeness (QED) is 0.775. The summed E-state index contributed by atoms with van der Waals surface area (Å²) in [5, 5.41) is 23.1. The van der Waals surface area contributed by atoms with Gasteiger partial charge in [-0.05, 0) is 17.7 Å². The van der Waals surface area contributed by atoms with E-state index in [0.29, 0.717) is 5.57 Å². The second-order valence-electron chi connectivity index (χ2n) is 4.63. The first-order valence-electron chi connectivity index (χ1n) is 6.22. The van der Waals surface area contributed by atoms with Crippen LogP contribution in [0.1, 0.15) is 11.1 Å². The van der Waals surface area contributed by atoms with Crippen LogP contribution in [0, 0.1) is 0 Å². The molecule has 1 aliphatic rings. The van der Waals surface area contributed by atoms with E-state index in [1.165, 1.54) is 18.3 Å². The first-order chi connectivity index (χ1) is 9.63. The predicted octanol–water partition coefficient (Wildman–Crippen LogP) is 1.75. The number of hydrogen-bond donors (Lipinski definition) is 3. The third kappa shape index (κ3) is 1.78. The number of phenolic OH excluding ortho intramolecular Hbond substituents is 1. The summed E-state index contributed by atoms with van der Waals surface area (Å²) in [7, 11) is 0. The van der Waals surface area contributed by atoms with Gasteiger partial charge in [-0.1, -0.05) is 42.5 Å². The number of hydrogen-bond acceptors (Lipinski definition) is 4. The lowest BCUT2D eigenvalue weighted by molar-refractivity contribution is -0.133. The zero-order valence-electron chi connectivity index (χ0n) is 10.6. The van der Waals surface area contributed by atoms with E-state index in [-0.39, 0.29) is 11.3 Å². The molecule has 4 heteroatoms. The fourth-order valence-corrected chi connectivity index (χ4v) is 2.31. The lowest BCUT2D eigenvalue weighted by Gasteiger charge is -2.23. The van der Waals surface area contributed by atoms with E-state index >= 15 is 0 Å². The Morgan fingerprint density at radius 1 is 0.950 bits per heavy atom. The molecule has 0 spiro atoms. The lowest BCUT2D eigenvalue weighted by Crippen LogP contribution is -2.42. The minimum Gasteiger partial charge on any atom is -0.507 e. The first-order valence-corrected chi connectivity index (χ1v) is 6.22. The van der Waals surface area contributed by atoms with E-state index < -0.39 is 11.5 Å². The summed E-state index contributed by atoms with van der Waals surface area (Å²) in [4.78, 5) is 12.5. The predicted molar refractivity (Wildman–Crippen MR) is 74.6 cm³/mol. The normalized spacial score (nSPS) is 21.4. The third-order valence-electron chi connectivity index (χ3n) is 3.38. The van der Waals surface area contributed by atoms with Gasteiger partial charge in [0.1, 0.15) is 5.75 Å². The molecule has 0 aromatic heterocycles. The van der Waals surface area contributed by atoms with Crippen molar-refractivity contribution < 1.29 is 15.0 Å². The minimum absolute atomic E-state index is 0.126. The molecule has 0 amide bonds. The van der Waals surface area contributed by atoms with Gasteiger partial charge in [0.05, 0.1) is 5.56 Å². The number of ketones is 1. The average molecular weight is 267 g/mol. The summed E-state index contributed by atoms with van der Waals surface area (Å²) in [6.07, 6.45) is 1.48. The summed E-state index contributed by atoms with van der Waals surface area (Å²) in [6, 6.07) is 15.3. The van der Waals surface area contributed by atoms with Crippen LogP contribution < -0.4 is 5.32 Å². The number of rotatable bonds is 2. The molecule has 0 fully saturated rings. The molecule has 20 heavy (non-hydrogen) atoms. The Morgan fingerprint density at radius 2 is 1.60 bits per heavy atom. The molecule has 0 saturated heterocycles. The molecule has 1 unspecified atom stereocenters. The molecule has 1 atom stereocenters. The lowest BCUT2D eigenvalue weighted by atomic mass is 9.93. The first kappa shape index (κ1) is 12.4. The number of benzene rings is 2. The standard InChI is InChI=1S/C16H13NO3/c18-14-9-5-4-8-13(14)16(20)15(19)12(10-17-16)11-6-2-1-3-7-11/h1-10,17-18,20H. The Kier molecular flexibility index (Phi) is 2.80. The van der Waals surface area contributed by atoms with E-state index in [1.807, 2.05) is 18.2 Å². The number of Topliss-reactive ketones (excluding diaryl/α,β-unsaturated/α-hetero) is 1. The zero-order valence-corrected chi connectivity index (χ0v) is 10.6. The summed E-state index contributed by atoms with van der Waals surface area (Å²) >= 11 is 0. The maximum Gasteiger partial charge on any atom is 0.231 e. The average Bonchev–Trinajstić information content (AvgIpc) is 2.77. The topological polar surface area (TPSA) is 69.6 Å². The molecule has 100 valence electrons. The molecule has 4 nitrogen and oxygen atoms in total. The second kappa shape index (κ2) is 4.51. The molecule has 3 rings (SSSR count). The van der Waals surface area contributed by atoms with Crippen LogP contribution in [0.4, 0.5) is 0 Å². The highest BCUT2D eigenvalue weighted by atomic mass is 16.3. The number of aliphatic hydroxyl groups is 1. The van der Waals surface area contributed by atoms with E-state index in [4.69, 9.17) is 0 Å². The Balaban J connectivity index is 2.01. The second-order valence-corrected chi connectivity index (χ2v) is 4.63. The fourth-order valence-electron chi connectivity index (χ4n) is 2.31. The van der Waals surface area contributed by atoms with Crippen LogP contribution in [0.2, 0.25) is 0 Å². The molecule has 0 bridgehead atoms. The monoisotopic (exact) mass is 267 g/mol. The molecule has 0 aliphatic carbocycles. The van der Waals surface area contributed by atoms with E-state index in [1.54, 1.807) is 24.3 Å². The molecule has 1 heterocycles. The number of aromatic hydroxyl groups is 1. The van der Waals surface area contributed by atoms with Gasteiger partial charge < -0.3 is 15.5 Å². The van der Waals surface area contributed by atoms with Crippen molar-refractivity contribution in [1.82, 2.24) is 5.32 Å². The molecule has 0 radical (unpaired) electrons. The Morgan fingerprint density at radius 3 is 2.30 bits per heavy atom. The minimum atomic E-state index is -1.92. The van der Waals surface area contributed by atoms with E-state index in [0.717, 1.165) is 5.56 Å². The van der Waals surface area contributed by atoms with Crippen molar-refractivity contribution in [3.8, 4) is 5.75 Å². The Labute approximate surface area is 116 Å². The van der Waals surface area contributed by atoms with Gasteiger partial charge in [0.2, 0.25) is 11.5 Å². The van der Waals surface area contributed by atoms with Crippen molar-refractivity contribution in [3.05, 3.63) is 71.9 Å². The van der Waals surface area contributed by atoms with E-state index in [2.05, 4.69) is 5.32 Å². The van der Waals surface area contributed by atoms with Crippen LogP contribution in [-0.4, -0.2) is 16.0 Å². The molecule has 3 N–H and O–H groups in total. The highest BCUT2D eigenvalue weighted by molar-refractivity contribution is 6.26. The zero-order chi connectivity index (χ0) is 14.2. The van der Waals surface area contributed by atoms with Gasteiger partial charge in [0, 0.05) is 11.8 Å². The highest BCUT2D eigenvalue weighted by Gasteiger charge is 2.45. The number of carbonyl (C=O) groups is 1. The Bertz CT molecular complexity index is 694. The van der Waals surface area contributed by atoms with Crippen molar-refractivity contribution in [1.29, 1.82) is 0 Å². The van der Waals surface area contributed by atoms with Crippen LogP contribution in [0.5, 0.6) is 5.75 Å². The van der Waals surface area contributed by atoms with Crippen LogP contribution in [0.3, 0.4) is 0 Å². The number of phenols is 1. The van der Waals surface area contributed by atoms with Gasteiger partial charge in [0.25, 0.3) is 0 Å². The van der Waals surface area contributed by atoms with Crippen molar-refractivity contribution >= 4 is 11.4 Å². The summed E-state index contributed by atoms with van der Waals surface area (Å²) in [6.45, 7) is 0. The van der Waals surface area contributed by atoms with Crippen molar-refractivity contribution in [3.63, 3.8) is 0 Å². The fraction of sp³-hybridized carbons (Fsp3) is 0.0625. The molecule has 2 aromatic rings. The van der Waals surface area contributed by atoms with Crippen LogP contribution >= 0.6 is 0 Å². The van der Waals surface area contributed by atoms with Crippen molar-refractivity contribution in [2.24, 2.45) is 0 Å². The van der Waals surface area contributed by atoms with E-state index in [9.17, 15) is 15.0 Å². The van der Waals surface area contributed by atoms with Gasteiger partial charge in [-0.2, -0.15) is 0 Å². The van der Waals surface area contributed by atoms with Gasteiger partial charge in [-0.3, -0.25) is 4.79 Å². The number of para-hydroxylation sites is 1. The third-order valence-corrected chi connectivity index (χ3v) is 3.38. The molecule has 2 aromatic carbocycles. The maximum atomic E-state index is 12.5. The van der Waals surface area contributed by atoms with Gasteiger partial charge in [-0.25, -0.2) is 0 Å². The molecule has 0 saturated carbocycles. The SMILES string of the molecule is O=C1C(c2ccccc2)=CNC1(O)c1ccccc1O. The van der Waals surface area contributed by atoms with Gasteiger partial charge >= 0.3 is 0 Å². The molecular weight excluding hydrogens is 254 g/mol. The number of carbonyl (C=O) groups excluding carboxylic acids is 1. The number of nitrogens with one attached hydrogen (secondary N) is 1.